The van der Waals surface area contributed by atoms with Gasteiger partial charge in [-0.05, 0) is 30.7 Å². The Balaban J connectivity index is 2.74. The number of anilines is 1. The number of hydrogen-bond acceptors (Lipinski definition) is 2. The van der Waals surface area contributed by atoms with Gasteiger partial charge in [0, 0.05) is 5.69 Å². The molecule has 3 nitrogen and oxygen atoms in total. The van der Waals surface area contributed by atoms with E-state index in [1.807, 2.05) is 0 Å². The number of benzene rings is 1. The first-order chi connectivity index (χ1) is 6.53. The van der Waals surface area contributed by atoms with Crippen LogP contribution in [0, 0.1) is 5.82 Å². The normalized spacial score (nSPS) is 11.3. The summed E-state index contributed by atoms with van der Waals surface area (Å²) in [5.41, 5.74) is 0.389. The van der Waals surface area contributed by atoms with Crippen molar-refractivity contribution in [3.63, 3.8) is 0 Å². The Hall–Kier alpha value is -1.10. The Labute approximate surface area is 83.0 Å². The van der Waals surface area contributed by atoms with Gasteiger partial charge in [-0.1, -0.05) is 6.92 Å². The van der Waals surface area contributed by atoms with Crippen LogP contribution in [0.15, 0.2) is 24.3 Å². The average molecular weight is 217 g/mol. The van der Waals surface area contributed by atoms with Crippen molar-refractivity contribution in [2.75, 3.05) is 10.5 Å². The number of hydrogen-bond donors (Lipinski definition) is 1. The van der Waals surface area contributed by atoms with Crippen LogP contribution >= 0.6 is 0 Å². The lowest BCUT2D eigenvalue weighted by molar-refractivity contribution is 0.599. The van der Waals surface area contributed by atoms with E-state index in [0.29, 0.717) is 12.1 Å². The van der Waals surface area contributed by atoms with Gasteiger partial charge in [0.2, 0.25) is 10.0 Å². The Morgan fingerprint density at radius 3 is 2.36 bits per heavy atom. The summed E-state index contributed by atoms with van der Waals surface area (Å²) in [6.45, 7) is 1.78. The van der Waals surface area contributed by atoms with Gasteiger partial charge in [0.25, 0.3) is 0 Å². The molecule has 0 bridgehead atoms. The van der Waals surface area contributed by atoms with Crippen molar-refractivity contribution < 1.29 is 12.8 Å². The van der Waals surface area contributed by atoms with Crippen molar-refractivity contribution >= 4 is 15.7 Å². The Morgan fingerprint density at radius 2 is 1.86 bits per heavy atom. The van der Waals surface area contributed by atoms with Crippen LogP contribution in [0.4, 0.5) is 10.1 Å². The van der Waals surface area contributed by atoms with Gasteiger partial charge in [-0.3, -0.25) is 4.72 Å². The lowest BCUT2D eigenvalue weighted by Gasteiger charge is -2.05. The van der Waals surface area contributed by atoms with Gasteiger partial charge in [-0.25, -0.2) is 12.8 Å². The van der Waals surface area contributed by atoms with Crippen LogP contribution in [-0.4, -0.2) is 14.2 Å². The summed E-state index contributed by atoms with van der Waals surface area (Å²) >= 11 is 0. The molecule has 0 unspecified atom stereocenters. The lowest BCUT2D eigenvalue weighted by Crippen LogP contribution is -2.15. The van der Waals surface area contributed by atoms with Gasteiger partial charge in [-0.15, -0.1) is 0 Å². The molecule has 0 fully saturated rings. The summed E-state index contributed by atoms with van der Waals surface area (Å²) in [5, 5.41) is 0. The fraction of sp³-hybridized carbons (Fsp3) is 0.333. The van der Waals surface area contributed by atoms with E-state index in [9.17, 15) is 12.8 Å². The fourth-order valence-electron chi connectivity index (χ4n) is 1.02. The van der Waals surface area contributed by atoms with E-state index in [0.717, 1.165) is 0 Å². The van der Waals surface area contributed by atoms with E-state index in [1.54, 1.807) is 6.92 Å². The second kappa shape index (κ2) is 4.41. The molecule has 0 aliphatic carbocycles. The highest BCUT2D eigenvalue weighted by atomic mass is 32.2. The minimum Gasteiger partial charge on any atom is -0.284 e. The first-order valence-electron chi connectivity index (χ1n) is 4.29. The molecular weight excluding hydrogens is 205 g/mol. The minimum absolute atomic E-state index is 0.0738. The fourth-order valence-corrected chi connectivity index (χ4v) is 2.15. The molecule has 0 spiro atoms. The van der Waals surface area contributed by atoms with Crippen molar-refractivity contribution in [3.8, 4) is 0 Å². The maximum atomic E-state index is 12.5. The number of rotatable bonds is 4. The number of halogens is 1. The molecule has 0 heterocycles. The topological polar surface area (TPSA) is 46.2 Å². The van der Waals surface area contributed by atoms with Crippen LogP contribution in [0.25, 0.3) is 0 Å². The third-order valence-corrected chi connectivity index (χ3v) is 3.08. The highest BCUT2D eigenvalue weighted by molar-refractivity contribution is 7.92. The Morgan fingerprint density at radius 1 is 1.29 bits per heavy atom. The quantitative estimate of drug-likeness (QED) is 0.838. The van der Waals surface area contributed by atoms with Gasteiger partial charge in [0.1, 0.15) is 5.82 Å². The van der Waals surface area contributed by atoms with Crippen LogP contribution in [0.5, 0.6) is 0 Å². The van der Waals surface area contributed by atoms with E-state index in [1.165, 1.54) is 24.3 Å². The number of nitrogens with one attached hydrogen (secondary N) is 1. The van der Waals surface area contributed by atoms with Crippen LogP contribution in [0.3, 0.4) is 0 Å². The maximum absolute atomic E-state index is 12.5. The molecule has 0 radical (unpaired) electrons. The zero-order valence-corrected chi connectivity index (χ0v) is 8.64. The molecule has 1 rings (SSSR count). The molecule has 5 heteroatoms. The molecule has 0 saturated carbocycles. The summed E-state index contributed by atoms with van der Waals surface area (Å²) in [7, 11) is -3.27. The monoisotopic (exact) mass is 217 g/mol. The molecule has 0 aromatic heterocycles. The molecule has 0 atom stereocenters. The van der Waals surface area contributed by atoms with Gasteiger partial charge in [-0.2, -0.15) is 0 Å². The van der Waals surface area contributed by atoms with Crippen molar-refractivity contribution in [2.45, 2.75) is 13.3 Å². The van der Waals surface area contributed by atoms with Crippen LogP contribution in [0.2, 0.25) is 0 Å². The van der Waals surface area contributed by atoms with Crippen molar-refractivity contribution in [2.24, 2.45) is 0 Å². The van der Waals surface area contributed by atoms with Crippen LogP contribution < -0.4 is 4.72 Å². The zero-order valence-electron chi connectivity index (χ0n) is 7.83. The third-order valence-electron chi connectivity index (χ3n) is 1.59. The van der Waals surface area contributed by atoms with Crippen molar-refractivity contribution in [1.82, 2.24) is 0 Å². The molecule has 0 aliphatic rings. The highest BCUT2D eigenvalue weighted by Gasteiger charge is 2.07. The summed E-state index contributed by atoms with van der Waals surface area (Å²) in [6.07, 6.45) is 0.552. The predicted molar refractivity (Wildman–Crippen MR) is 54.1 cm³/mol. The van der Waals surface area contributed by atoms with E-state index in [2.05, 4.69) is 4.72 Å². The molecule has 14 heavy (non-hydrogen) atoms. The summed E-state index contributed by atoms with van der Waals surface area (Å²) in [4.78, 5) is 0. The first-order valence-corrected chi connectivity index (χ1v) is 5.95. The molecule has 0 saturated heterocycles. The van der Waals surface area contributed by atoms with Crippen LogP contribution in [0.1, 0.15) is 13.3 Å². The van der Waals surface area contributed by atoms with Gasteiger partial charge in [0.15, 0.2) is 0 Å². The van der Waals surface area contributed by atoms with E-state index in [4.69, 9.17) is 0 Å². The van der Waals surface area contributed by atoms with E-state index < -0.39 is 10.0 Å². The molecule has 78 valence electrons. The minimum atomic E-state index is -3.27. The molecular formula is C9H12FNO2S. The second-order valence-electron chi connectivity index (χ2n) is 2.93. The average Bonchev–Trinajstić information content (AvgIpc) is 2.08. The van der Waals surface area contributed by atoms with Gasteiger partial charge in [0.05, 0.1) is 5.75 Å². The third kappa shape index (κ3) is 3.33. The van der Waals surface area contributed by atoms with E-state index >= 15 is 0 Å². The molecule has 1 aromatic rings. The smallest absolute Gasteiger partial charge is 0.232 e. The summed E-state index contributed by atoms with van der Waals surface area (Å²) in [6, 6.07) is 5.21. The summed E-state index contributed by atoms with van der Waals surface area (Å²) in [5.74, 6) is -0.312. The lowest BCUT2D eigenvalue weighted by atomic mass is 10.3. The predicted octanol–water partition coefficient (Wildman–Crippen LogP) is 1.98. The Bertz CT molecular complexity index is 386. The highest BCUT2D eigenvalue weighted by Crippen LogP contribution is 2.10. The van der Waals surface area contributed by atoms with E-state index in [-0.39, 0.29) is 11.6 Å². The standard InChI is InChI=1S/C9H12FNO2S/c1-2-7-14(12,13)11-9-5-3-8(10)4-6-9/h3-6,11H,2,7H2,1H3. The first kappa shape index (κ1) is 11.0. The SMILES string of the molecule is CCCS(=O)(=O)Nc1ccc(F)cc1. The van der Waals surface area contributed by atoms with Crippen molar-refractivity contribution in [1.29, 1.82) is 0 Å². The molecule has 1 aromatic carbocycles. The second-order valence-corrected chi connectivity index (χ2v) is 4.77. The summed E-state index contributed by atoms with van der Waals surface area (Å²) < 4.78 is 37.4. The van der Waals surface area contributed by atoms with Gasteiger partial charge >= 0.3 is 0 Å². The zero-order chi connectivity index (χ0) is 10.6. The molecule has 0 amide bonds. The maximum Gasteiger partial charge on any atom is 0.232 e. The van der Waals surface area contributed by atoms with Gasteiger partial charge < -0.3 is 0 Å². The number of sulfonamides is 1. The van der Waals surface area contributed by atoms with Crippen molar-refractivity contribution in [3.05, 3.63) is 30.1 Å². The molecule has 1 N–H and O–H groups in total. The largest absolute Gasteiger partial charge is 0.284 e. The van der Waals surface area contributed by atoms with Crippen LogP contribution in [-0.2, 0) is 10.0 Å². The molecule has 0 aliphatic heterocycles. The Kier molecular flexibility index (Phi) is 3.46.